The smallest absolute Gasteiger partial charge is 0.248 e. The Hall–Kier alpha value is -4.48. The van der Waals surface area contributed by atoms with Crippen molar-refractivity contribution in [2.75, 3.05) is 19.8 Å². The molecule has 0 aliphatic carbocycles. The number of ether oxygens (including phenoxy) is 3. The van der Waals surface area contributed by atoms with Gasteiger partial charge in [0, 0.05) is 47.2 Å². The summed E-state index contributed by atoms with van der Waals surface area (Å²) in [5.74, 6) is -11.0. The van der Waals surface area contributed by atoms with E-state index in [4.69, 9.17) is 14.2 Å². The summed E-state index contributed by atoms with van der Waals surface area (Å²) in [6.07, 6.45) is 0.00186. The quantitative estimate of drug-likeness (QED) is 0.0954. The van der Waals surface area contributed by atoms with Crippen LogP contribution < -0.4 is 14.2 Å². The lowest BCUT2D eigenvalue weighted by atomic mass is 10.0. The largest absolute Gasteiger partial charge is 0.505 e. The summed E-state index contributed by atoms with van der Waals surface area (Å²) in [5.41, 5.74) is -1.07. The molecule has 1 N–H and O–H groups in total. The first-order valence-corrected chi connectivity index (χ1v) is 14.9. The van der Waals surface area contributed by atoms with Gasteiger partial charge in [-0.05, 0) is 81.1 Å². The number of phenolic OH excluding ortho intramolecular Hbond substituents is 1. The van der Waals surface area contributed by atoms with Crippen molar-refractivity contribution in [3.05, 3.63) is 95.6 Å². The molecular weight excluding hydrogens is 636 g/mol. The molecule has 12 heteroatoms. The van der Waals surface area contributed by atoms with Crippen LogP contribution in [0.5, 0.6) is 23.0 Å². The summed E-state index contributed by atoms with van der Waals surface area (Å²) >= 11 is 0. The number of hydrogen-bond acceptors (Lipinski definition) is 4. The maximum atomic E-state index is 14.7. The van der Waals surface area contributed by atoms with Crippen LogP contribution in [0.4, 0.5) is 35.1 Å². The summed E-state index contributed by atoms with van der Waals surface area (Å²) < 4.78 is 130. The van der Waals surface area contributed by atoms with Crippen LogP contribution in [-0.2, 0) is 0 Å². The third kappa shape index (κ3) is 9.08. The van der Waals surface area contributed by atoms with Crippen molar-refractivity contribution in [1.82, 2.24) is 0 Å². The molecule has 0 saturated carbocycles. The SMILES string of the molecule is CCOc1ccc(-c2ccc(OCCCCC(F)(F)CCCCOc3ccc(-c4ccc(O)c(F)c4F)c(F)c3)cc2F)c(F)c1F. The van der Waals surface area contributed by atoms with Gasteiger partial charge in [0.15, 0.2) is 23.1 Å². The summed E-state index contributed by atoms with van der Waals surface area (Å²) in [6.45, 7) is 1.82. The third-order valence-electron chi connectivity index (χ3n) is 7.28. The van der Waals surface area contributed by atoms with Crippen LogP contribution in [0, 0.1) is 34.9 Å². The standard InChI is InChI=1S/C35H32F8O4/c1-2-45-30-14-12-26(32(39)34(30)41)24-10-8-22(20-28(24)37)47-18-6-4-16-35(42,43)15-3-5-17-46-21-7-9-23(27(36)19-21)25-11-13-29(44)33(40)31(25)38/h7-14,19-20,44H,2-6,15-18H2,1H3. The van der Waals surface area contributed by atoms with E-state index in [1.165, 1.54) is 36.4 Å². The number of benzene rings is 4. The van der Waals surface area contributed by atoms with Crippen molar-refractivity contribution < 1.29 is 54.4 Å². The lowest BCUT2D eigenvalue weighted by Gasteiger charge is -2.16. The molecule has 0 aliphatic heterocycles. The molecule has 0 saturated heterocycles. The Morgan fingerprint density at radius 3 is 1.51 bits per heavy atom. The molecule has 0 fully saturated rings. The second kappa shape index (κ2) is 15.9. The van der Waals surface area contributed by atoms with Crippen LogP contribution in [0.25, 0.3) is 22.3 Å². The fourth-order valence-corrected chi connectivity index (χ4v) is 4.84. The Morgan fingerprint density at radius 2 is 1.02 bits per heavy atom. The number of alkyl halides is 2. The van der Waals surface area contributed by atoms with Crippen LogP contribution >= 0.6 is 0 Å². The lowest BCUT2D eigenvalue weighted by molar-refractivity contribution is -0.0215. The van der Waals surface area contributed by atoms with Gasteiger partial charge in [0.05, 0.1) is 19.8 Å². The van der Waals surface area contributed by atoms with Gasteiger partial charge in [-0.2, -0.15) is 8.78 Å². The molecule has 0 aliphatic rings. The molecular formula is C35H32F8O4. The monoisotopic (exact) mass is 668 g/mol. The maximum absolute atomic E-state index is 14.7. The molecule has 0 unspecified atom stereocenters. The number of halogens is 8. The molecule has 4 aromatic carbocycles. The molecule has 4 rings (SSSR count). The number of aromatic hydroxyl groups is 1. The Bertz CT molecular complexity index is 1680. The fraction of sp³-hybridized carbons (Fsp3) is 0.314. The van der Waals surface area contributed by atoms with E-state index in [0.29, 0.717) is 0 Å². The van der Waals surface area contributed by atoms with Gasteiger partial charge >= 0.3 is 0 Å². The molecule has 0 radical (unpaired) electrons. The molecule has 0 spiro atoms. The minimum absolute atomic E-state index is 0.0282. The van der Waals surface area contributed by atoms with Crippen molar-refractivity contribution in [1.29, 1.82) is 0 Å². The van der Waals surface area contributed by atoms with Gasteiger partial charge in [0.2, 0.25) is 17.6 Å². The molecule has 0 bridgehead atoms. The topological polar surface area (TPSA) is 47.9 Å². The highest BCUT2D eigenvalue weighted by Crippen LogP contribution is 2.34. The van der Waals surface area contributed by atoms with Crippen LogP contribution in [0.15, 0.2) is 60.7 Å². The van der Waals surface area contributed by atoms with Crippen LogP contribution in [0.1, 0.15) is 45.4 Å². The first-order chi connectivity index (χ1) is 22.4. The molecule has 0 amide bonds. The number of phenols is 1. The van der Waals surface area contributed by atoms with Crippen molar-refractivity contribution >= 4 is 0 Å². The molecule has 47 heavy (non-hydrogen) atoms. The molecule has 0 atom stereocenters. The van der Waals surface area contributed by atoms with Crippen molar-refractivity contribution in [2.24, 2.45) is 0 Å². The second-order valence-electron chi connectivity index (χ2n) is 10.7. The number of unbranched alkanes of at least 4 members (excludes halogenated alkanes) is 2. The normalized spacial score (nSPS) is 11.5. The van der Waals surface area contributed by atoms with Gasteiger partial charge in [-0.15, -0.1) is 0 Å². The first kappa shape index (κ1) is 35.4. The van der Waals surface area contributed by atoms with E-state index in [2.05, 4.69) is 0 Å². The third-order valence-corrected chi connectivity index (χ3v) is 7.28. The Labute approximate surface area is 266 Å². The fourth-order valence-electron chi connectivity index (χ4n) is 4.84. The van der Waals surface area contributed by atoms with E-state index in [1.54, 1.807) is 6.92 Å². The molecule has 252 valence electrons. The van der Waals surface area contributed by atoms with Crippen molar-refractivity contribution in [3.8, 4) is 45.3 Å². The van der Waals surface area contributed by atoms with Crippen LogP contribution in [-0.4, -0.2) is 30.8 Å². The minimum Gasteiger partial charge on any atom is -0.505 e. The van der Waals surface area contributed by atoms with E-state index in [0.717, 1.165) is 24.3 Å². The first-order valence-electron chi connectivity index (χ1n) is 14.9. The summed E-state index contributed by atoms with van der Waals surface area (Å²) in [5, 5.41) is 9.24. The predicted molar refractivity (Wildman–Crippen MR) is 160 cm³/mol. The molecule has 0 heterocycles. The highest BCUT2D eigenvalue weighted by molar-refractivity contribution is 5.67. The van der Waals surface area contributed by atoms with Gasteiger partial charge in [-0.1, -0.05) is 0 Å². The molecule has 4 aromatic rings. The average molecular weight is 669 g/mol. The van der Waals surface area contributed by atoms with Gasteiger partial charge < -0.3 is 19.3 Å². The van der Waals surface area contributed by atoms with Gasteiger partial charge in [0.25, 0.3) is 0 Å². The second-order valence-corrected chi connectivity index (χ2v) is 10.7. The number of hydrogen-bond donors (Lipinski definition) is 1. The maximum Gasteiger partial charge on any atom is 0.248 e. The Morgan fingerprint density at radius 1 is 0.553 bits per heavy atom. The Kier molecular flexibility index (Phi) is 12.0. The van der Waals surface area contributed by atoms with Gasteiger partial charge in [0.1, 0.15) is 23.1 Å². The highest BCUT2D eigenvalue weighted by atomic mass is 19.3. The van der Waals surface area contributed by atoms with E-state index in [1.807, 2.05) is 0 Å². The summed E-state index contributed by atoms with van der Waals surface area (Å²) in [4.78, 5) is 0. The predicted octanol–water partition coefficient (Wildman–Crippen LogP) is 10.4. The summed E-state index contributed by atoms with van der Waals surface area (Å²) in [7, 11) is 0. The van der Waals surface area contributed by atoms with Crippen molar-refractivity contribution in [2.45, 2.75) is 51.4 Å². The van der Waals surface area contributed by atoms with Gasteiger partial charge in [-0.25, -0.2) is 26.3 Å². The van der Waals surface area contributed by atoms with E-state index >= 15 is 0 Å². The van der Waals surface area contributed by atoms with E-state index < -0.39 is 59.4 Å². The zero-order valence-electron chi connectivity index (χ0n) is 25.3. The lowest BCUT2D eigenvalue weighted by Crippen LogP contribution is -2.16. The summed E-state index contributed by atoms with van der Waals surface area (Å²) in [6, 6.07) is 11.5. The zero-order valence-corrected chi connectivity index (χ0v) is 25.3. The average Bonchev–Trinajstić information content (AvgIpc) is 3.03. The van der Waals surface area contributed by atoms with E-state index in [-0.39, 0.29) is 85.0 Å². The molecule has 4 nitrogen and oxygen atoms in total. The number of rotatable bonds is 16. The van der Waals surface area contributed by atoms with E-state index in [9.17, 15) is 40.2 Å². The zero-order chi connectivity index (χ0) is 34.1. The highest BCUT2D eigenvalue weighted by Gasteiger charge is 2.27. The van der Waals surface area contributed by atoms with Gasteiger partial charge in [-0.3, -0.25) is 0 Å². The minimum atomic E-state index is -2.94. The van der Waals surface area contributed by atoms with Crippen LogP contribution in [0.3, 0.4) is 0 Å². The van der Waals surface area contributed by atoms with Crippen molar-refractivity contribution in [3.63, 3.8) is 0 Å². The molecule has 0 aromatic heterocycles. The Balaban J connectivity index is 1.15. The van der Waals surface area contributed by atoms with Crippen LogP contribution in [0.2, 0.25) is 0 Å².